The molecular weight excluding hydrogens is 250 g/mol. The van der Waals surface area contributed by atoms with Gasteiger partial charge in [-0.05, 0) is 20.8 Å². The van der Waals surface area contributed by atoms with Crippen LogP contribution >= 0.6 is 0 Å². The number of imidazole rings is 1. The summed E-state index contributed by atoms with van der Waals surface area (Å²) in [4.78, 5) is 19.6. The van der Waals surface area contributed by atoms with Crippen LogP contribution in [0.4, 0.5) is 0 Å². The van der Waals surface area contributed by atoms with E-state index in [0.717, 1.165) is 6.33 Å². The van der Waals surface area contributed by atoms with Gasteiger partial charge in [0.1, 0.15) is 6.33 Å². The van der Waals surface area contributed by atoms with Gasteiger partial charge in [0, 0.05) is 0 Å². The van der Waals surface area contributed by atoms with Gasteiger partial charge in [0.15, 0.2) is 23.4 Å². The maximum absolute atomic E-state index is 11.7. The van der Waals surface area contributed by atoms with Crippen LogP contribution in [0.25, 0.3) is 11.2 Å². The lowest BCUT2D eigenvalue weighted by Crippen LogP contribution is -2.24. The number of rotatable bonds is 2. The first-order valence-electron chi connectivity index (χ1n) is 5.64. The third-order valence-electron chi connectivity index (χ3n) is 2.50. The van der Waals surface area contributed by atoms with Gasteiger partial charge in [-0.15, -0.1) is 0 Å². The van der Waals surface area contributed by atoms with Crippen LogP contribution in [0.1, 0.15) is 20.8 Å². The Morgan fingerprint density at radius 1 is 1.42 bits per heavy atom. The van der Waals surface area contributed by atoms with Gasteiger partial charge in [-0.25, -0.2) is 9.97 Å². The Morgan fingerprint density at radius 3 is 2.74 bits per heavy atom. The average molecular weight is 265 g/mol. The van der Waals surface area contributed by atoms with E-state index < -0.39 is 5.41 Å². The third kappa shape index (κ3) is 2.42. The highest BCUT2D eigenvalue weighted by molar-refractivity contribution is 5.75. The van der Waals surface area contributed by atoms with E-state index >= 15 is 0 Å². The van der Waals surface area contributed by atoms with Crippen LogP contribution in [-0.4, -0.2) is 30.4 Å². The Kier molecular flexibility index (Phi) is 3.01. The van der Waals surface area contributed by atoms with Crippen molar-refractivity contribution in [1.82, 2.24) is 19.3 Å². The second-order valence-electron chi connectivity index (χ2n) is 5.14. The molecule has 2 N–H and O–H groups in total. The predicted octanol–water partition coefficient (Wildman–Crippen LogP) is 0.496. The number of fused-ring (bicyclic) bond motifs is 1. The van der Waals surface area contributed by atoms with E-state index in [1.165, 1.54) is 10.9 Å². The summed E-state index contributed by atoms with van der Waals surface area (Å²) < 4.78 is 7.21. The summed E-state index contributed by atoms with van der Waals surface area (Å²) in [5.74, 6) is -0.339. The van der Waals surface area contributed by atoms with Crippen molar-refractivity contribution in [3.63, 3.8) is 0 Å². The van der Waals surface area contributed by atoms with E-state index in [9.17, 15) is 10.0 Å². The lowest BCUT2D eigenvalue weighted by atomic mass is 9.98. The molecule has 2 heterocycles. The molecule has 0 saturated carbocycles. The number of carbonyl (C=O) groups excluding carboxylic acids is 1. The minimum atomic E-state index is -0.585. The number of nitrogens with zero attached hydrogens (tertiary/aromatic N) is 4. The number of esters is 1. The second kappa shape index (κ2) is 4.38. The lowest BCUT2D eigenvalue weighted by molar-refractivity contribution is -0.156. The molecule has 0 fully saturated rings. The molecule has 8 heteroatoms. The fourth-order valence-electron chi connectivity index (χ4n) is 1.39. The predicted molar refractivity (Wildman–Crippen MR) is 64.1 cm³/mol. The minimum Gasteiger partial charge on any atom is -0.443 e. The molecule has 2 aromatic rings. The molecule has 0 aliphatic carbocycles. The van der Waals surface area contributed by atoms with Crippen LogP contribution in [0.2, 0.25) is 0 Å². The smallest absolute Gasteiger partial charge is 0.312 e. The molecular formula is C11H15N5O3. The molecule has 0 saturated heterocycles. The van der Waals surface area contributed by atoms with Crippen molar-refractivity contribution in [1.29, 1.82) is 5.41 Å². The van der Waals surface area contributed by atoms with Crippen molar-refractivity contribution in [3.05, 3.63) is 18.1 Å². The van der Waals surface area contributed by atoms with Crippen molar-refractivity contribution >= 4 is 17.1 Å². The second-order valence-corrected chi connectivity index (χ2v) is 5.14. The van der Waals surface area contributed by atoms with Crippen LogP contribution in [-0.2, 0) is 16.3 Å². The highest BCUT2D eigenvalue weighted by Crippen LogP contribution is 2.16. The molecule has 0 spiro atoms. The van der Waals surface area contributed by atoms with Crippen LogP contribution in [0, 0.1) is 10.8 Å². The molecule has 0 atom stereocenters. The first-order chi connectivity index (χ1) is 8.80. The monoisotopic (exact) mass is 265 g/mol. The Morgan fingerprint density at radius 2 is 2.11 bits per heavy atom. The lowest BCUT2D eigenvalue weighted by Gasteiger charge is -2.16. The summed E-state index contributed by atoms with van der Waals surface area (Å²) in [6.45, 7) is 5.25. The molecule has 0 aliphatic heterocycles. The summed E-state index contributed by atoms with van der Waals surface area (Å²) in [6, 6.07) is 0. The van der Waals surface area contributed by atoms with Gasteiger partial charge in [0.25, 0.3) is 0 Å². The Bertz CT molecular complexity index is 680. The van der Waals surface area contributed by atoms with Crippen LogP contribution in [0.15, 0.2) is 12.7 Å². The maximum atomic E-state index is 11.7. The third-order valence-corrected chi connectivity index (χ3v) is 2.50. The molecule has 8 nitrogen and oxygen atoms in total. The molecule has 0 aliphatic rings. The number of nitrogens with one attached hydrogen (secondary N) is 1. The van der Waals surface area contributed by atoms with Gasteiger partial charge in [-0.3, -0.25) is 14.8 Å². The summed E-state index contributed by atoms with van der Waals surface area (Å²) in [6.07, 6.45) is 2.50. The average Bonchev–Trinajstić information content (AvgIpc) is 2.73. The summed E-state index contributed by atoms with van der Waals surface area (Å²) in [7, 11) is 0. The number of aromatic nitrogens is 4. The fraction of sp³-hybridized carbons (Fsp3) is 0.455. The molecule has 2 rings (SSSR count). The van der Waals surface area contributed by atoms with Gasteiger partial charge in [0.2, 0.25) is 0 Å². The molecule has 2 aromatic heterocycles. The summed E-state index contributed by atoms with van der Waals surface area (Å²) in [5, 5.41) is 16.9. The first kappa shape index (κ1) is 13.1. The van der Waals surface area contributed by atoms with Crippen LogP contribution in [0.3, 0.4) is 0 Å². The molecule has 102 valence electrons. The van der Waals surface area contributed by atoms with E-state index in [0.29, 0.717) is 10.4 Å². The van der Waals surface area contributed by atoms with Gasteiger partial charge < -0.3 is 9.94 Å². The molecule has 0 unspecified atom stereocenters. The van der Waals surface area contributed by atoms with Gasteiger partial charge >= 0.3 is 5.97 Å². The molecule has 19 heavy (non-hydrogen) atoms. The Balaban J connectivity index is 2.26. The van der Waals surface area contributed by atoms with E-state index in [1.807, 2.05) is 0 Å². The highest BCUT2D eigenvalue weighted by atomic mass is 16.5. The number of carbonyl (C=O) groups is 1. The highest BCUT2D eigenvalue weighted by Gasteiger charge is 2.23. The van der Waals surface area contributed by atoms with Crippen molar-refractivity contribution in [2.75, 3.05) is 0 Å². The van der Waals surface area contributed by atoms with Crippen molar-refractivity contribution < 1.29 is 14.7 Å². The normalized spacial score (nSPS) is 11.7. The quantitative estimate of drug-likeness (QED) is 0.607. The zero-order valence-electron chi connectivity index (χ0n) is 10.9. The Labute approximate surface area is 108 Å². The number of ether oxygens (including phenoxy) is 1. The standard InChI is InChI=1S/C11H15N5O3/c1-11(2,3)10(17)19-6-15-4-13-7-8(12)16(18)5-14-9(7)15/h4-5,12,18H,6H2,1-3H3. The van der Waals surface area contributed by atoms with Crippen LogP contribution in [0.5, 0.6) is 0 Å². The zero-order chi connectivity index (χ0) is 14.2. The van der Waals surface area contributed by atoms with Gasteiger partial charge in [-0.1, -0.05) is 0 Å². The van der Waals surface area contributed by atoms with E-state index in [4.69, 9.17) is 10.1 Å². The SMILES string of the molecule is CC(C)(C)C(=O)OCn1cnc2c(=N)n(O)cnc21. The Hall–Kier alpha value is -2.38. The van der Waals surface area contributed by atoms with E-state index in [1.54, 1.807) is 20.8 Å². The largest absolute Gasteiger partial charge is 0.443 e. The van der Waals surface area contributed by atoms with E-state index in [-0.39, 0.29) is 23.7 Å². The summed E-state index contributed by atoms with van der Waals surface area (Å²) >= 11 is 0. The number of hydrogen-bond acceptors (Lipinski definition) is 6. The van der Waals surface area contributed by atoms with Crippen molar-refractivity contribution in [2.45, 2.75) is 27.5 Å². The van der Waals surface area contributed by atoms with Gasteiger partial charge in [0.05, 0.1) is 11.7 Å². The van der Waals surface area contributed by atoms with E-state index in [2.05, 4.69) is 9.97 Å². The minimum absolute atomic E-state index is 0.0332. The number of hydrogen-bond donors (Lipinski definition) is 2. The maximum Gasteiger partial charge on any atom is 0.312 e. The molecule has 0 bridgehead atoms. The van der Waals surface area contributed by atoms with Crippen molar-refractivity contribution in [3.8, 4) is 0 Å². The summed E-state index contributed by atoms with van der Waals surface area (Å²) in [5.41, 5.74) is -0.155. The van der Waals surface area contributed by atoms with Crippen LogP contribution < -0.4 is 5.49 Å². The fourth-order valence-corrected chi connectivity index (χ4v) is 1.39. The van der Waals surface area contributed by atoms with Gasteiger partial charge in [-0.2, -0.15) is 4.73 Å². The first-order valence-corrected chi connectivity index (χ1v) is 5.64. The topological polar surface area (TPSA) is 106 Å². The molecule has 0 radical (unpaired) electrons. The zero-order valence-corrected chi connectivity index (χ0v) is 10.9. The molecule has 0 amide bonds. The van der Waals surface area contributed by atoms with Crippen molar-refractivity contribution in [2.24, 2.45) is 5.41 Å². The molecule has 0 aromatic carbocycles.